The van der Waals surface area contributed by atoms with Crippen LogP contribution in [-0.4, -0.2) is 28.5 Å². The van der Waals surface area contributed by atoms with E-state index in [4.69, 9.17) is 0 Å². The molecule has 19 heavy (non-hydrogen) atoms. The minimum Gasteiger partial charge on any atom is -0.340 e. The van der Waals surface area contributed by atoms with E-state index >= 15 is 0 Å². The second kappa shape index (κ2) is 5.70. The van der Waals surface area contributed by atoms with Crippen molar-refractivity contribution in [2.45, 2.75) is 40.2 Å². The third-order valence-corrected chi connectivity index (χ3v) is 4.18. The molecule has 2 atom stereocenters. The minimum absolute atomic E-state index is 0.165. The first-order valence-electron chi connectivity index (χ1n) is 7.05. The molecule has 1 aliphatic heterocycles. The molecule has 1 saturated heterocycles. The van der Waals surface area contributed by atoms with E-state index in [0.29, 0.717) is 17.9 Å². The van der Waals surface area contributed by atoms with E-state index in [-0.39, 0.29) is 5.91 Å². The first kappa shape index (κ1) is 14.6. The number of halogens is 1. The van der Waals surface area contributed by atoms with Crippen LogP contribution in [0.4, 0.5) is 0 Å². The Hall–Kier alpha value is -0.770. The van der Waals surface area contributed by atoms with Gasteiger partial charge in [0.25, 0.3) is 5.91 Å². The van der Waals surface area contributed by atoms with Crippen molar-refractivity contribution in [2.24, 2.45) is 11.8 Å². The van der Waals surface area contributed by atoms with E-state index in [0.717, 1.165) is 23.3 Å². The predicted molar refractivity (Wildman–Crippen MR) is 81.4 cm³/mol. The summed E-state index contributed by atoms with van der Waals surface area (Å²) in [5.41, 5.74) is 0.795. The molecule has 0 aromatic carbocycles. The van der Waals surface area contributed by atoms with Gasteiger partial charge in [-0.2, -0.15) is 0 Å². The number of nitrogens with zero attached hydrogens (tertiary/aromatic N) is 2. The average molecular weight is 327 g/mol. The lowest BCUT2D eigenvalue weighted by atomic mass is 9.92. The fourth-order valence-corrected chi connectivity index (χ4v) is 3.47. The highest BCUT2D eigenvalue weighted by Crippen LogP contribution is 2.25. The molecular formula is C15H23BrN2O. The number of rotatable bonds is 2. The summed E-state index contributed by atoms with van der Waals surface area (Å²) in [6.07, 6.45) is 3.22. The van der Waals surface area contributed by atoms with Crippen molar-refractivity contribution < 1.29 is 4.79 Å². The van der Waals surface area contributed by atoms with Crippen molar-refractivity contribution in [1.82, 2.24) is 9.47 Å². The van der Waals surface area contributed by atoms with Crippen LogP contribution in [0.1, 0.15) is 50.6 Å². The van der Waals surface area contributed by atoms with Crippen LogP contribution in [0.15, 0.2) is 16.7 Å². The number of hydrogen-bond acceptors (Lipinski definition) is 1. The molecule has 1 amide bonds. The topological polar surface area (TPSA) is 25.2 Å². The van der Waals surface area contributed by atoms with Gasteiger partial charge in [0.15, 0.2) is 0 Å². The zero-order valence-electron chi connectivity index (χ0n) is 12.2. The monoisotopic (exact) mass is 326 g/mol. The number of hydrogen-bond donors (Lipinski definition) is 0. The molecule has 0 bridgehead atoms. The number of carbonyl (C=O) groups excluding carboxylic acids is 1. The van der Waals surface area contributed by atoms with E-state index in [2.05, 4.69) is 48.2 Å². The minimum atomic E-state index is 0.165. The molecule has 1 fully saturated rings. The molecule has 0 radical (unpaired) electrons. The first-order valence-corrected chi connectivity index (χ1v) is 7.84. The van der Waals surface area contributed by atoms with Crippen LogP contribution in [0, 0.1) is 11.8 Å². The Labute approximate surface area is 124 Å². The maximum atomic E-state index is 12.7. The third kappa shape index (κ3) is 3.22. The standard InChI is InChI=1S/C15H23BrN2O/c1-10(2)18-9-13(16)6-14(18)15(19)17-7-11(3)5-12(4)8-17/h6,9-12H,5,7-8H2,1-4H3. The molecular weight excluding hydrogens is 304 g/mol. The summed E-state index contributed by atoms with van der Waals surface area (Å²) >= 11 is 3.48. The van der Waals surface area contributed by atoms with Gasteiger partial charge in [0.05, 0.1) is 0 Å². The van der Waals surface area contributed by atoms with Gasteiger partial charge in [0, 0.05) is 29.8 Å². The summed E-state index contributed by atoms with van der Waals surface area (Å²) in [7, 11) is 0. The Balaban J connectivity index is 2.24. The van der Waals surface area contributed by atoms with Gasteiger partial charge < -0.3 is 9.47 Å². The normalized spacial score (nSPS) is 24.0. The largest absolute Gasteiger partial charge is 0.340 e. The lowest BCUT2D eigenvalue weighted by Crippen LogP contribution is -2.43. The fourth-order valence-electron chi connectivity index (χ4n) is 3.04. The van der Waals surface area contributed by atoms with Crippen molar-refractivity contribution in [3.8, 4) is 0 Å². The lowest BCUT2D eigenvalue weighted by Gasteiger charge is -2.35. The maximum Gasteiger partial charge on any atom is 0.270 e. The van der Waals surface area contributed by atoms with E-state index < -0.39 is 0 Å². The van der Waals surface area contributed by atoms with Gasteiger partial charge in [-0.3, -0.25) is 4.79 Å². The number of piperidine rings is 1. The quantitative estimate of drug-likeness (QED) is 0.807. The smallest absolute Gasteiger partial charge is 0.270 e. The fraction of sp³-hybridized carbons (Fsp3) is 0.667. The molecule has 4 heteroatoms. The average Bonchev–Trinajstić information content (AvgIpc) is 2.69. The van der Waals surface area contributed by atoms with Crippen molar-refractivity contribution >= 4 is 21.8 Å². The molecule has 106 valence electrons. The highest BCUT2D eigenvalue weighted by atomic mass is 79.9. The summed E-state index contributed by atoms with van der Waals surface area (Å²) in [5, 5.41) is 0. The predicted octanol–water partition coefficient (Wildman–Crippen LogP) is 3.95. The highest BCUT2D eigenvalue weighted by Gasteiger charge is 2.28. The lowest BCUT2D eigenvalue weighted by molar-refractivity contribution is 0.0610. The Bertz CT molecular complexity index is 457. The molecule has 3 nitrogen and oxygen atoms in total. The molecule has 1 aliphatic rings. The second-order valence-corrected chi connectivity index (χ2v) is 7.12. The molecule has 0 N–H and O–H groups in total. The van der Waals surface area contributed by atoms with Gasteiger partial charge in [0.2, 0.25) is 0 Å². The summed E-state index contributed by atoms with van der Waals surface area (Å²) in [4.78, 5) is 14.7. The van der Waals surface area contributed by atoms with Crippen LogP contribution in [0.25, 0.3) is 0 Å². The van der Waals surface area contributed by atoms with Crippen LogP contribution in [-0.2, 0) is 0 Å². The van der Waals surface area contributed by atoms with E-state index in [1.54, 1.807) is 0 Å². The number of carbonyl (C=O) groups is 1. The van der Waals surface area contributed by atoms with Crippen molar-refractivity contribution in [1.29, 1.82) is 0 Å². The summed E-state index contributed by atoms with van der Waals surface area (Å²) < 4.78 is 3.03. The second-order valence-electron chi connectivity index (χ2n) is 6.20. The van der Waals surface area contributed by atoms with Crippen molar-refractivity contribution in [2.75, 3.05) is 13.1 Å². The van der Waals surface area contributed by atoms with Gasteiger partial charge in [-0.25, -0.2) is 0 Å². The Morgan fingerprint density at radius 2 is 1.89 bits per heavy atom. The van der Waals surface area contributed by atoms with Crippen LogP contribution >= 0.6 is 15.9 Å². The zero-order valence-corrected chi connectivity index (χ0v) is 13.8. The zero-order chi connectivity index (χ0) is 14.2. The number of amides is 1. The van der Waals surface area contributed by atoms with Gasteiger partial charge in [-0.05, 0) is 54.1 Å². The molecule has 1 aromatic heterocycles. The van der Waals surface area contributed by atoms with Gasteiger partial charge >= 0.3 is 0 Å². The van der Waals surface area contributed by atoms with Crippen LogP contribution in [0.3, 0.4) is 0 Å². The van der Waals surface area contributed by atoms with E-state index in [1.807, 2.05) is 17.2 Å². The Morgan fingerprint density at radius 3 is 2.42 bits per heavy atom. The van der Waals surface area contributed by atoms with Gasteiger partial charge in [0.1, 0.15) is 5.69 Å². The van der Waals surface area contributed by atoms with Gasteiger partial charge in [-0.1, -0.05) is 13.8 Å². The SMILES string of the molecule is CC1CC(C)CN(C(=O)c2cc(Br)cn2C(C)C)C1. The molecule has 0 aliphatic carbocycles. The summed E-state index contributed by atoms with van der Waals surface area (Å²) in [6, 6.07) is 2.23. The van der Waals surface area contributed by atoms with Gasteiger partial charge in [-0.15, -0.1) is 0 Å². The molecule has 2 heterocycles. The van der Waals surface area contributed by atoms with E-state index in [1.165, 1.54) is 6.42 Å². The Kier molecular flexibility index (Phi) is 4.39. The third-order valence-electron chi connectivity index (χ3n) is 3.75. The molecule has 0 spiro atoms. The maximum absolute atomic E-state index is 12.7. The van der Waals surface area contributed by atoms with Crippen molar-refractivity contribution in [3.05, 3.63) is 22.4 Å². The van der Waals surface area contributed by atoms with E-state index in [9.17, 15) is 4.79 Å². The number of aromatic nitrogens is 1. The molecule has 0 saturated carbocycles. The molecule has 2 rings (SSSR count). The van der Waals surface area contributed by atoms with Crippen LogP contribution < -0.4 is 0 Å². The highest BCUT2D eigenvalue weighted by molar-refractivity contribution is 9.10. The Morgan fingerprint density at radius 1 is 1.32 bits per heavy atom. The van der Waals surface area contributed by atoms with Crippen LogP contribution in [0.5, 0.6) is 0 Å². The summed E-state index contributed by atoms with van der Waals surface area (Å²) in [5.74, 6) is 1.36. The molecule has 1 aromatic rings. The first-order chi connectivity index (χ1) is 8.88. The number of likely N-dealkylation sites (tertiary alicyclic amines) is 1. The molecule has 2 unspecified atom stereocenters. The van der Waals surface area contributed by atoms with Crippen LogP contribution in [0.2, 0.25) is 0 Å². The van der Waals surface area contributed by atoms with Crippen molar-refractivity contribution in [3.63, 3.8) is 0 Å². The summed E-state index contributed by atoms with van der Waals surface area (Å²) in [6.45, 7) is 10.4.